The van der Waals surface area contributed by atoms with Gasteiger partial charge in [-0.05, 0) is 26.8 Å². The summed E-state index contributed by atoms with van der Waals surface area (Å²) in [5.41, 5.74) is 0.571. The van der Waals surface area contributed by atoms with E-state index in [1.54, 1.807) is 6.20 Å². The maximum Gasteiger partial charge on any atom is 0.138 e. The minimum Gasteiger partial charge on any atom is -0.391 e. The molecule has 2 heterocycles. The van der Waals surface area contributed by atoms with Gasteiger partial charge in [-0.15, -0.1) is 0 Å². The van der Waals surface area contributed by atoms with Crippen molar-refractivity contribution in [3.8, 4) is 0 Å². The molecule has 0 aromatic carbocycles. The van der Waals surface area contributed by atoms with Crippen LogP contribution in [0.15, 0.2) is 10.7 Å². The fraction of sp³-hybridized carbons (Fsp3) is 0.667. The summed E-state index contributed by atoms with van der Waals surface area (Å²) in [6.07, 6.45) is 2.10. The Morgan fingerprint density at radius 2 is 2.54 bits per heavy atom. The minimum atomic E-state index is -0.385. The first-order valence-electron chi connectivity index (χ1n) is 4.49. The molecular weight excluding hydrogens is 168 g/mol. The Hall–Kier alpha value is -0.870. The summed E-state index contributed by atoms with van der Waals surface area (Å²) in [7, 11) is 0. The smallest absolute Gasteiger partial charge is 0.138 e. The summed E-state index contributed by atoms with van der Waals surface area (Å²) in [5.74, 6) is 0.774. The standard InChI is InChI=1S/C9H14N2O2/c1-6-7(5-11-13-6)9(2)8(12)3-4-10-9/h5,8,10,12H,3-4H2,1-2H3. The number of aliphatic hydroxyl groups is 1. The molecule has 13 heavy (non-hydrogen) atoms. The fourth-order valence-corrected chi connectivity index (χ4v) is 1.95. The van der Waals surface area contributed by atoms with Crippen molar-refractivity contribution in [3.63, 3.8) is 0 Å². The van der Waals surface area contributed by atoms with Gasteiger partial charge in [0, 0.05) is 5.56 Å². The van der Waals surface area contributed by atoms with Gasteiger partial charge in [0.2, 0.25) is 0 Å². The molecule has 0 bridgehead atoms. The number of aliphatic hydroxyl groups excluding tert-OH is 1. The van der Waals surface area contributed by atoms with Crippen molar-refractivity contribution in [1.29, 1.82) is 0 Å². The van der Waals surface area contributed by atoms with Crippen LogP contribution in [0.1, 0.15) is 24.7 Å². The van der Waals surface area contributed by atoms with Gasteiger partial charge in [0.25, 0.3) is 0 Å². The summed E-state index contributed by atoms with van der Waals surface area (Å²) in [6.45, 7) is 4.67. The monoisotopic (exact) mass is 182 g/mol. The third-order valence-electron chi connectivity index (χ3n) is 2.89. The molecule has 0 saturated carbocycles. The normalized spacial score (nSPS) is 33.9. The van der Waals surface area contributed by atoms with Gasteiger partial charge in [-0.2, -0.15) is 0 Å². The van der Waals surface area contributed by atoms with E-state index < -0.39 is 0 Å². The summed E-state index contributed by atoms with van der Waals surface area (Å²) < 4.78 is 4.99. The Bertz CT molecular complexity index is 310. The number of aryl methyl sites for hydroxylation is 1. The SMILES string of the molecule is Cc1oncc1C1(C)NCCC1O. The number of nitrogens with one attached hydrogen (secondary N) is 1. The molecule has 0 aliphatic carbocycles. The zero-order valence-corrected chi connectivity index (χ0v) is 7.87. The average Bonchev–Trinajstić information content (AvgIpc) is 2.62. The number of hydrogen-bond donors (Lipinski definition) is 2. The van der Waals surface area contributed by atoms with Crippen molar-refractivity contribution in [2.24, 2.45) is 0 Å². The van der Waals surface area contributed by atoms with E-state index in [0.29, 0.717) is 0 Å². The van der Waals surface area contributed by atoms with Gasteiger partial charge in [-0.25, -0.2) is 0 Å². The first-order valence-corrected chi connectivity index (χ1v) is 4.49. The van der Waals surface area contributed by atoms with Crippen molar-refractivity contribution in [2.75, 3.05) is 6.54 Å². The van der Waals surface area contributed by atoms with Crippen LogP contribution in [-0.4, -0.2) is 22.9 Å². The average molecular weight is 182 g/mol. The van der Waals surface area contributed by atoms with Crippen molar-refractivity contribution >= 4 is 0 Å². The highest BCUT2D eigenvalue weighted by Crippen LogP contribution is 2.32. The third-order valence-corrected chi connectivity index (χ3v) is 2.89. The fourth-order valence-electron chi connectivity index (χ4n) is 1.95. The second-order valence-corrected chi connectivity index (χ2v) is 3.73. The van der Waals surface area contributed by atoms with Crippen LogP contribution in [0.5, 0.6) is 0 Å². The second-order valence-electron chi connectivity index (χ2n) is 3.73. The predicted octanol–water partition coefficient (Wildman–Crippen LogP) is 0.552. The van der Waals surface area contributed by atoms with Crippen LogP contribution in [0.25, 0.3) is 0 Å². The van der Waals surface area contributed by atoms with Gasteiger partial charge < -0.3 is 14.9 Å². The van der Waals surface area contributed by atoms with E-state index in [2.05, 4.69) is 10.5 Å². The molecule has 1 aliphatic rings. The number of aromatic nitrogens is 1. The molecule has 2 atom stereocenters. The van der Waals surface area contributed by atoms with Crippen LogP contribution >= 0.6 is 0 Å². The topological polar surface area (TPSA) is 58.3 Å². The van der Waals surface area contributed by atoms with Gasteiger partial charge >= 0.3 is 0 Å². The molecule has 1 saturated heterocycles. The van der Waals surface area contributed by atoms with Crippen molar-refractivity contribution in [3.05, 3.63) is 17.5 Å². The molecule has 1 aliphatic heterocycles. The maximum absolute atomic E-state index is 9.81. The molecule has 0 radical (unpaired) electrons. The Labute approximate surface area is 76.9 Å². The molecule has 0 amide bonds. The van der Waals surface area contributed by atoms with E-state index >= 15 is 0 Å². The van der Waals surface area contributed by atoms with Gasteiger partial charge in [0.1, 0.15) is 5.76 Å². The quantitative estimate of drug-likeness (QED) is 0.666. The van der Waals surface area contributed by atoms with Crippen LogP contribution < -0.4 is 5.32 Å². The highest BCUT2D eigenvalue weighted by atomic mass is 16.5. The molecular formula is C9H14N2O2. The molecule has 2 rings (SSSR count). The lowest BCUT2D eigenvalue weighted by Crippen LogP contribution is -2.41. The Kier molecular flexibility index (Phi) is 1.89. The first kappa shape index (κ1) is 8.72. The number of hydrogen-bond acceptors (Lipinski definition) is 4. The largest absolute Gasteiger partial charge is 0.391 e. The molecule has 1 fully saturated rings. The van der Waals surface area contributed by atoms with Crippen molar-refractivity contribution in [1.82, 2.24) is 10.5 Å². The molecule has 4 heteroatoms. The summed E-state index contributed by atoms with van der Waals surface area (Å²) in [6, 6.07) is 0. The maximum atomic E-state index is 9.81. The van der Waals surface area contributed by atoms with Crippen LogP contribution in [-0.2, 0) is 5.54 Å². The lowest BCUT2D eigenvalue weighted by atomic mass is 9.89. The third kappa shape index (κ3) is 1.17. The highest BCUT2D eigenvalue weighted by Gasteiger charge is 2.41. The molecule has 4 nitrogen and oxygen atoms in total. The lowest BCUT2D eigenvalue weighted by Gasteiger charge is -2.27. The Morgan fingerprint density at radius 3 is 3.00 bits per heavy atom. The highest BCUT2D eigenvalue weighted by molar-refractivity contribution is 5.26. The second kappa shape index (κ2) is 2.82. The molecule has 2 unspecified atom stereocenters. The van der Waals surface area contributed by atoms with E-state index in [4.69, 9.17) is 4.52 Å². The van der Waals surface area contributed by atoms with E-state index in [9.17, 15) is 5.11 Å². The molecule has 1 aromatic heterocycles. The minimum absolute atomic E-state index is 0.356. The van der Waals surface area contributed by atoms with Gasteiger partial charge in [0.05, 0.1) is 17.8 Å². The van der Waals surface area contributed by atoms with Crippen LogP contribution in [0, 0.1) is 6.92 Å². The molecule has 72 valence electrons. The van der Waals surface area contributed by atoms with Crippen molar-refractivity contribution < 1.29 is 9.63 Å². The molecule has 2 N–H and O–H groups in total. The van der Waals surface area contributed by atoms with E-state index in [-0.39, 0.29) is 11.6 Å². The molecule has 0 spiro atoms. The number of rotatable bonds is 1. The summed E-state index contributed by atoms with van der Waals surface area (Å²) >= 11 is 0. The summed E-state index contributed by atoms with van der Waals surface area (Å²) in [5, 5.41) is 16.8. The van der Waals surface area contributed by atoms with Crippen LogP contribution in [0.2, 0.25) is 0 Å². The van der Waals surface area contributed by atoms with Crippen LogP contribution in [0.4, 0.5) is 0 Å². The number of nitrogens with zero attached hydrogens (tertiary/aromatic N) is 1. The van der Waals surface area contributed by atoms with Crippen LogP contribution in [0.3, 0.4) is 0 Å². The van der Waals surface area contributed by atoms with Gasteiger partial charge in [-0.1, -0.05) is 5.16 Å². The van der Waals surface area contributed by atoms with E-state index in [1.807, 2.05) is 13.8 Å². The lowest BCUT2D eigenvalue weighted by molar-refractivity contribution is 0.106. The Morgan fingerprint density at radius 1 is 1.77 bits per heavy atom. The molecule has 1 aromatic rings. The van der Waals surface area contributed by atoms with Crippen molar-refractivity contribution in [2.45, 2.75) is 31.9 Å². The zero-order chi connectivity index (χ0) is 9.47. The zero-order valence-electron chi connectivity index (χ0n) is 7.87. The predicted molar refractivity (Wildman–Crippen MR) is 47.2 cm³/mol. The van der Waals surface area contributed by atoms with Gasteiger partial charge in [0.15, 0.2) is 0 Å². The Balaban J connectivity index is 2.39. The van der Waals surface area contributed by atoms with Gasteiger partial charge in [-0.3, -0.25) is 0 Å². The van der Waals surface area contributed by atoms with E-state index in [1.165, 1.54) is 0 Å². The van der Waals surface area contributed by atoms with E-state index in [0.717, 1.165) is 24.3 Å². The first-order chi connectivity index (χ1) is 6.14. The summed E-state index contributed by atoms with van der Waals surface area (Å²) in [4.78, 5) is 0.